The summed E-state index contributed by atoms with van der Waals surface area (Å²) in [5.41, 5.74) is 0.632. The monoisotopic (exact) mass is 412 g/mol. The summed E-state index contributed by atoms with van der Waals surface area (Å²) in [5.74, 6) is -2.06. The molecule has 0 heterocycles. The van der Waals surface area contributed by atoms with E-state index in [1.165, 1.54) is 30.3 Å². The number of alkyl halides is 2. The second-order valence-electron chi connectivity index (χ2n) is 5.69. The number of ketones is 2. The second kappa shape index (κ2) is 7.00. The van der Waals surface area contributed by atoms with Gasteiger partial charge in [0.25, 0.3) is 0 Å². The molecule has 0 atom stereocenters. The summed E-state index contributed by atoms with van der Waals surface area (Å²) in [6.07, 6.45) is 1.63. The molecule has 0 bridgehead atoms. The van der Waals surface area contributed by atoms with Gasteiger partial charge in [-0.3, -0.25) is 9.59 Å². The van der Waals surface area contributed by atoms with Crippen LogP contribution in [-0.2, 0) is 0 Å². The van der Waals surface area contributed by atoms with Crippen molar-refractivity contribution in [1.29, 1.82) is 0 Å². The first-order valence-corrected chi connectivity index (χ1v) is 8.29. The molecule has 0 radical (unpaired) electrons. The van der Waals surface area contributed by atoms with Crippen molar-refractivity contribution in [2.24, 2.45) is 0 Å². The molecule has 0 amide bonds. The summed E-state index contributed by atoms with van der Waals surface area (Å²) >= 11 is 2.96. The first-order chi connectivity index (χ1) is 11.9. The summed E-state index contributed by atoms with van der Waals surface area (Å²) in [4.78, 5) is 24.7. The van der Waals surface area contributed by atoms with Gasteiger partial charge in [-0.1, -0.05) is 0 Å². The number of ether oxygens (including phenoxy) is 1. The number of hydrogen-bond acceptors (Lipinski definition) is 3. The predicted octanol–water partition coefficient (Wildman–Crippen LogP) is 5.13. The molecule has 0 aliphatic heterocycles. The summed E-state index contributed by atoms with van der Waals surface area (Å²) in [7, 11) is 0. The lowest BCUT2D eigenvalue weighted by atomic mass is 9.98. The number of hydrogen-bond donors (Lipinski definition) is 0. The van der Waals surface area contributed by atoms with Gasteiger partial charge in [-0.15, -0.1) is 0 Å². The van der Waals surface area contributed by atoms with Gasteiger partial charge in [-0.25, -0.2) is 4.39 Å². The molecule has 1 aliphatic carbocycles. The van der Waals surface area contributed by atoms with Crippen LogP contribution in [0.15, 0.2) is 40.9 Å². The van der Waals surface area contributed by atoms with Gasteiger partial charge < -0.3 is 4.74 Å². The standard InChI is InChI=1S/C18H12BrF3O3/c19-13-8-11(3-5-14(13)20)17(24)16(23)10-4-6-15(25-18(21)22)12(7-10)9-1-2-9/h3-9,18H,1-2H2. The van der Waals surface area contributed by atoms with Crippen LogP contribution >= 0.6 is 15.9 Å². The second-order valence-corrected chi connectivity index (χ2v) is 6.55. The number of carbonyl (C=O) groups is 2. The van der Waals surface area contributed by atoms with E-state index in [-0.39, 0.29) is 27.3 Å². The molecule has 130 valence electrons. The lowest BCUT2D eigenvalue weighted by Gasteiger charge is -2.11. The van der Waals surface area contributed by atoms with E-state index in [9.17, 15) is 22.8 Å². The predicted molar refractivity (Wildman–Crippen MR) is 87.8 cm³/mol. The minimum Gasteiger partial charge on any atom is -0.435 e. The quantitative estimate of drug-likeness (QED) is 0.487. The number of rotatable bonds is 6. The minimum absolute atomic E-state index is 0.0195. The van der Waals surface area contributed by atoms with Crippen LogP contribution in [-0.4, -0.2) is 18.2 Å². The fourth-order valence-electron chi connectivity index (χ4n) is 2.51. The average molecular weight is 413 g/mol. The maximum Gasteiger partial charge on any atom is 0.387 e. The van der Waals surface area contributed by atoms with Gasteiger partial charge in [0.1, 0.15) is 11.6 Å². The molecule has 1 fully saturated rings. The molecule has 0 aromatic heterocycles. The highest BCUT2D eigenvalue weighted by molar-refractivity contribution is 9.10. The third kappa shape index (κ3) is 3.92. The molecule has 2 aromatic rings. The number of Topliss-reactive ketones (excluding diaryl/α,β-unsaturated/α-hetero) is 2. The van der Waals surface area contributed by atoms with Crippen molar-refractivity contribution in [3.63, 3.8) is 0 Å². The number of benzene rings is 2. The molecule has 0 N–H and O–H groups in total. The maximum atomic E-state index is 13.3. The first kappa shape index (κ1) is 17.7. The van der Waals surface area contributed by atoms with Crippen molar-refractivity contribution in [3.05, 3.63) is 63.4 Å². The van der Waals surface area contributed by atoms with E-state index < -0.39 is 24.0 Å². The van der Waals surface area contributed by atoms with Crippen molar-refractivity contribution >= 4 is 27.5 Å². The Kier molecular flexibility index (Phi) is 4.94. The van der Waals surface area contributed by atoms with Crippen LogP contribution in [0.5, 0.6) is 5.75 Å². The van der Waals surface area contributed by atoms with E-state index in [4.69, 9.17) is 0 Å². The largest absolute Gasteiger partial charge is 0.435 e. The Bertz CT molecular complexity index is 847. The van der Waals surface area contributed by atoms with Crippen LogP contribution in [0, 0.1) is 5.82 Å². The topological polar surface area (TPSA) is 43.4 Å². The zero-order valence-corrected chi connectivity index (χ0v) is 14.4. The number of carbonyl (C=O) groups excluding carboxylic acids is 2. The van der Waals surface area contributed by atoms with Gasteiger partial charge in [0.15, 0.2) is 0 Å². The van der Waals surface area contributed by atoms with Crippen molar-refractivity contribution in [2.45, 2.75) is 25.4 Å². The van der Waals surface area contributed by atoms with Crippen molar-refractivity contribution < 1.29 is 27.5 Å². The van der Waals surface area contributed by atoms with Crippen LogP contribution in [0.3, 0.4) is 0 Å². The zero-order valence-electron chi connectivity index (χ0n) is 12.8. The number of halogens is 4. The Hall–Kier alpha value is -2.15. The van der Waals surface area contributed by atoms with E-state index in [1.807, 2.05) is 0 Å². The lowest BCUT2D eigenvalue weighted by Crippen LogP contribution is -2.15. The van der Waals surface area contributed by atoms with Crippen LogP contribution in [0.1, 0.15) is 45.0 Å². The van der Waals surface area contributed by atoms with Crippen molar-refractivity contribution in [2.75, 3.05) is 0 Å². The molecule has 25 heavy (non-hydrogen) atoms. The first-order valence-electron chi connectivity index (χ1n) is 7.49. The Morgan fingerprint density at radius 1 is 1.04 bits per heavy atom. The Balaban J connectivity index is 1.90. The Labute approximate surface area is 149 Å². The molecule has 3 rings (SSSR count). The minimum atomic E-state index is -2.96. The highest BCUT2D eigenvalue weighted by atomic mass is 79.9. The van der Waals surface area contributed by atoms with E-state index >= 15 is 0 Å². The molecular weight excluding hydrogens is 401 g/mol. The Morgan fingerprint density at radius 3 is 2.20 bits per heavy atom. The molecule has 7 heteroatoms. The van der Waals surface area contributed by atoms with E-state index in [0.717, 1.165) is 18.9 Å². The van der Waals surface area contributed by atoms with Gasteiger partial charge >= 0.3 is 6.61 Å². The van der Waals surface area contributed by atoms with Crippen LogP contribution in [0.2, 0.25) is 0 Å². The molecule has 0 saturated heterocycles. The lowest BCUT2D eigenvalue weighted by molar-refractivity contribution is -0.0504. The van der Waals surface area contributed by atoms with Gasteiger partial charge in [0, 0.05) is 11.1 Å². The molecule has 1 saturated carbocycles. The molecule has 0 unspecified atom stereocenters. The third-order valence-electron chi connectivity index (χ3n) is 3.89. The fraction of sp³-hybridized carbons (Fsp3) is 0.222. The normalized spacial score (nSPS) is 13.8. The van der Waals surface area contributed by atoms with Crippen molar-refractivity contribution in [1.82, 2.24) is 0 Å². The third-order valence-corrected chi connectivity index (χ3v) is 4.50. The van der Waals surface area contributed by atoms with Crippen LogP contribution in [0.4, 0.5) is 13.2 Å². The molecule has 3 nitrogen and oxygen atoms in total. The smallest absolute Gasteiger partial charge is 0.387 e. The molecule has 1 aliphatic rings. The SMILES string of the molecule is O=C(C(=O)c1ccc(OC(F)F)c(C2CC2)c1)c1ccc(F)c(Br)c1. The zero-order chi connectivity index (χ0) is 18.1. The Morgan fingerprint density at radius 2 is 1.64 bits per heavy atom. The van der Waals surface area contributed by atoms with E-state index in [1.54, 1.807) is 0 Å². The summed E-state index contributed by atoms with van der Waals surface area (Å²) in [5, 5.41) is 0. The van der Waals surface area contributed by atoms with Gasteiger partial charge in [-0.2, -0.15) is 8.78 Å². The van der Waals surface area contributed by atoms with Gasteiger partial charge in [0.2, 0.25) is 11.6 Å². The highest BCUT2D eigenvalue weighted by Crippen LogP contribution is 2.45. The summed E-state index contributed by atoms with van der Waals surface area (Å²) in [6, 6.07) is 7.51. The molecule has 2 aromatic carbocycles. The highest BCUT2D eigenvalue weighted by Gasteiger charge is 2.29. The molecular formula is C18H12BrF3O3. The molecule has 0 spiro atoms. The van der Waals surface area contributed by atoms with Crippen LogP contribution < -0.4 is 4.74 Å². The van der Waals surface area contributed by atoms with Crippen LogP contribution in [0.25, 0.3) is 0 Å². The fourth-order valence-corrected chi connectivity index (χ4v) is 2.88. The van der Waals surface area contributed by atoms with Crippen molar-refractivity contribution in [3.8, 4) is 5.75 Å². The van der Waals surface area contributed by atoms with Gasteiger partial charge in [-0.05, 0) is 76.7 Å². The summed E-state index contributed by atoms with van der Waals surface area (Å²) < 4.78 is 42.8. The average Bonchev–Trinajstić information content (AvgIpc) is 3.41. The maximum absolute atomic E-state index is 13.3. The van der Waals surface area contributed by atoms with Gasteiger partial charge in [0.05, 0.1) is 4.47 Å². The van der Waals surface area contributed by atoms with E-state index in [2.05, 4.69) is 20.7 Å². The summed E-state index contributed by atoms with van der Waals surface area (Å²) in [6.45, 7) is -2.96. The van der Waals surface area contributed by atoms with E-state index in [0.29, 0.717) is 5.56 Å².